The van der Waals surface area contributed by atoms with Crippen LogP contribution in [-0.4, -0.2) is 13.1 Å². The van der Waals surface area contributed by atoms with E-state index in [4.69, 9.17) is 0 Å². The van der Waals surface area contributed by atoms with E-state index in [1.165, 1.54) is 58.0 Å². The maximum atomic E-state index is 3.57. The second-order valence-electron chi connectivity index (χ2n) is 5.01. The van der Waals surface area contributed by atoms with Gasteiger partial charge in [0.2, 0.25) is 0 Å². The number of hydrogen-bond acceptors (Lipinski definition) is 1. The summed E-state index contributed by atoms with van der Waals surface area (Å²) in [6.45, 7) is 4.91. The van der Waals surface area contributed by atoms with Crippen LogP contribution in [-0.2, 0) is 0 Å². The first-order valence-electron chi connectivity index (χ1n) is 6.08. The smallest absolute Gasteiger partial charge is 0.00152 e. The van der Waals surface area contributed by atoms with Crippen LogP contribution in [0.4, 0.5) is 0 Å². The zero-order chi connectivity index (χ0) is 9.15. The van der Waals surface area contributed by atoms with Crippen LogP contribution in [0.25, 0.3) is 0 Å². The van der Waals surface area contributed by atoms with Gasteiger partial charge in [-0.05, 0) is 50.1 Å². The average molecular weight is 181 g/mol. The van der Waals surface area contributed by atoms with Gasteiger partial charge < -0.3 is 5.32 Å². The van der Waals surface area contributed by atoms with E-state index in [-0.39, 0.29) is 0 Å². The van der Waals surface area contributed by atoms with Gasteiger partial charge in [-0.15, -0.1) is 0 Å². The maximum Gasteiger partial charge on any atom is -0.00152 e. The molecule has 1 heteroatoms. The number of nitrogens with one attached hydrogen (secondary N) is 1. The van der Waals surface area contributed by atoms with Crippen LogP contribution in [0.5, 0.6) is 0 Å². The van der Waals surface area contributed by atoms with Crippen LogP contribution in [0.1, 0.15) is 51.9 Å². The van der Waals surface area contributed by atoms with E-state index in [1.54, 1.807) is 0 Å². The lowest BCUT2D eigenvalue weighted by molar-refractivity contribution is 0.106. The highest BCUT2D eigenvalue weighted by atomic mass is 14.9. The molecule has 1 saturated heterocycles. The Balaban J connectivity index is 2.03. The monoisotopic (exact) mass is 181 g/mol. The summed E-state index contributed by atoms with van der Waals surface area (Å²) in [5.41, 5.74) is 0.779. The fraction of sp³-hybridized carbons (Fsp3) is 1.00. The molecule has 1 unspecified atom stereocenters. The first-order valence-corrected chi connectivity index (χ1v) is 6.08. The van der Waals surface area contributed by atoms with E-state index in [0.29, 0.717) is 0 Å². The van der Waals surface area contributed by atoms with Crippen molar-refractivity contribution in [3.8, 4) is 0 Å². The topological polar surface area (TPSA) is 12.0 Å². The number of piperidine rings is 1. The molecule has 0 aromatic carbocycles. The third-order valence-electron chi connectivity index (χ3n) is 4.29. The molecule has 2 rings (SSSR count). The van der Waals surface area contributed by atoms with Crippen molar-refractivity contribution in [3.05, 3.63) is 0 Å². The van der Waals surface area contributed by atoms with Gasteiger partial charge in [0.25, 0.3) is 0 Å². The quantitative estimate of drug-likeness (QED) is 0.690. The number of hydrogen-bond donors (Lipinski definition) is 1. The van der Waals surface area contributed by atoms with Gasteiger partial charge in [0.15, 0.2) is 0 Å². The first kappa shape index (κ1) is 9.51. The van der Waals surface area contributed by atoms with Crippen molar-refractivity contribution in [2.24, 2.45) is 11.3 Å². The largest absolute Gasteiger partial charge is 0.316 e. The molecule has 2 aliphatic rings. The Morgan fingerprint density at radius 2 is 2.00 bits per heavy atom. The van der Waals surface area contributed by atoms with Crippen molar-refractivity contribution in [2.45, 2.75) is 51.9 Å². The lowest BCUT2D eigenvalue weighted by atomic mass is 9.68. The molecule has 13 heavy (non-hydrogen) atoms. The molecular formula is C12H23N. The van der Waals surface area contributed by atoms with Gasteiger partial charge in [0.1, 0.15) is 0 Å². The average Bonchev–Trinajstić information content (AvgIpc) is 2.59. The summed E-state index contributed by atoms with van der Waals surface area (Å²) in [5, 5.41) is 3.57. The van der Waals surface area contributed by atoms with Gasteiger partial charge in [-0.1, -0.05) is 26.2 Å². The van der Waals surface area contributed by atoms with Gasteiger partial charge >= 0.3 is 0 Å². The van der Waals surface area contributed by atoms with Crippen molar-refractivity contribution < 1.29 is 0 Å². The zero-order valence-corrected chi connectivity index (χ0v) is 8.94. The molecule has 76 valence electrons. The van der Waals surface area contributed by atoms with Gasteiger partial charge in [0.05, 0.1) is 0 Å². The summed E-state index contributed by atoms with van der Waals surface area (Å²) in [6.07, 6.45) is 10.3. The molecule has 1 aliphatic carbocycles. The minimum atomic E-state index is 0.779. The molecule has 0 amide bonds. The Kier molecular flexibility index (Phi) is 2.92. The van der Waals surface area contributed by atoms with Crippen LogP contribution in [0.3, 0.4) is 0 Å². The summed E-state index contributed by atoms with van der Waals surface area (Å²) < 4.78 is 0. The fourth-order valence-electron chi connectivity index (χ4n) is 3.53. The lowest BCUT2D eigenvalue weighted by Gasteiger charge is -2.42. The zero-order valence-electron chi connectivity index (χ0n) is 8.94. The normalized spacial score (nSPS) is 32.5. The van der Waals surface area contributed by atoms with Crippen LogP contribution < -0.4 is 5.32 Å². The number of rotatable bonds is 2. The molecular weight excluding hydrogens is 158 g/mol. The summed E-state index contributed by atoms with van der Waals surface area (Å²) in [6, 6.07) is 0. The van der Waals surface area contributed by atoms with E-state index in [2.05, 4.69) is 12.2 Å². The molecule has 1 saturated carbocycles. The van der Waals surface area contributed by atoms with Crippen molar-refractivity contribution in [3.63, 3.8) is 0 Å². The highest BCUT2D eigenvalue weighted by Gasteiger charge is 2.41. The summed E-state index contributed by atoms with van der Waals surface area (Å²) >= 11 is 0. The Bertz CT molecular complexity index is 157. The van der Waals surface area contributed by atoms with E-state index in [1.807, 2.05) is 0 Å². The third-order valence-corrected chi connectivity index (χ3v) is 4.29. The van der Waals surface area contributed by atoms with Gasteiger partial charge in [-0.3, -0.25) is 0 Å². The molecule has 0 aromatic heterocycles. The Hall–Kier alpha value is -0.0400. The molecule has 1 N–H and O–H groups in total. The molecule has 0 bridgehead atoms. The van der Waals surface area contributed by atoms with Crippen LogP contribution in [0.15, 0.2) is 0 Å². The minimum absolute atomic E-state index is 0.779. The molecule has 1 aliphatic heterocycles. The molecule has 1 spiro atoms. The van der Waals surface area contributed by atoms with Gasteiger partial charge in [-0.2, -0.15) is 0 Å². The second kappa shape index (κ2) is 4.00. The molecule has 0 aromatic rings. The van der Waals surface area contributed by atoms with E-state index in [0.717, 1.165) is 11.3 Å². The predicted octanol–water partition coefficient (Wildman–Crippen LogP) is 2.96. The molecule has 1 nitrogen and oxygen atoms in total. The lowest BCUT2D eigenvalue weighted by Crippen LogP contribution is -2.43. The summed E-state index contributed by atoms with van der Waals surface area (Å²) in [5.74, 6) is 0.994. The Morgan fingerprint density at radius 3 is 2.69 bits per heavy atom. The molecule has 1 heterocycles. The third kappa shape index (κ3) is 1.76. The van der Waals surface area contributed by atoms with Crippen molar-refractivity contribution >= 4 is 0 Å². The van der Waals surface area contributed by atoms with Gasteiger partial charge in [0, 0.05) is 0 Å². The van der Waals surface area contributed by atoms with E-state index < -0.39 is 0 Å². The van der Waals surface area contributed by atoms with Crippen LogP contribution >= 0.6 is 0 Å². The Morgan fingerprint density at radius 1 is 1.23 bits per heavy atom. The van der Waals surface area contributed by atoms with Crippen LogP contribution in [0.2, 0.25) is 0 Å². The fourth-order valence-corrected chi connectivity index (χ4v) is 3.53. The Labute approximate surface area is 82.3 Å². The van der Waals surface area contributed by atoms with Crippen molar-refractivity contribution in [1.82, 2.24) is 5.32 Å². The predicted molar refractivity (Wildman–Crippen MR) is 56.8 cm³/mol. The second-order valence-corrected chi connectivity index (χ2v) is 5.01. The summed E-state index contributed by atoms with van der Waals surface area (Å²) in [4.78, 5) is 0. The highest BCUT2D eigenvalue weighted by Crippen LogP contribution is 2.49. The standard InChI is InChI=1S/C12H23N/c1-2-5-11-10-13-9-8-12(11)6-3-4-7-12/h11,13H,2-10H2,1H3. The van der Waals surface area contributed by atoms with Gasteiger partial charge in [-0.25, -0.2) is 0 Å². The minimum Gasteiger partial charge on any atom is -0.316 e. The SMILES string of the molecule is CCCC1CNCCC12CCCC2. The first-order chi connectivity index (χ1) is 6.37. The highest BCUT2D eigenvalue weighted by molar-refractivity contribution is 4.94. The maximum absolute atomic E-state index is 3.57. The summed E-state index contributed by atoms with van der Waals surface area (Å²) in [7, 11) is 0. The van der Waals surface area contributed by atoms with E-state index >= 15 is 0 Å². The van der Waals surface area contributed by atoms with E-state index in [9.17, 15) is 0 Å². The van der Waals surface area contributed by atoms with Crippen LogP contribution in [0, 0.1) is 11.3 Å². The van der Waals surface area contributed by atoms with Crippen molar-refractivity contribution in [2.75, 3.05) is 13.1 Å². The molecule has 0 radical (unpaired) electrons. The van der Waals surface area contributed by atoms with Crippen molar-refractivity contribution in [1.29, 1.82) is 0 Å². The molecule has 2 fully saturated rings. The molecule has 1 atom stereocenters.